The molecule has 2 aromatic heterocycles. The van der Waals surface area contributed by atoms with E-state index in [1.807, 2.05) is 36.4 Å². The highest BCUT2D eigenvalue weighted by Gasteiger charge is 2.19. The largest absolute Gasteiger partial charge is 0.452 e. The predicted molar refractivity (Wildman–Crippen MR) is 91.3 cm³/mol. The molecule has 0 amide bonds. The average molecular weight is 420 g/mol. The number of furan rings is 2. The van der Waals surface area contributed by atoms with Gasteiger partial charge in [-0.15, -0.1) is 0 Å². The fourth-order valence-electron chi connectivity index (χ4n) is 2.37. The zero-order valence-electron chi connectivity index (χ0n) is 11.1. The summed E-state index contributed by atoms with van der Waals surface area (Å²) in [4.78, 5) is 12.5. The van der Waals surface area contributed by atoms with Crippen molar-refractivity contribution in [3.05, 3.63) is 69.0 Å². The maximum atomic E-state index is 12.5. The van der Waals surface area contributed by atoms with Crippen LogP contribution in [-0.4, -0.2) is 5.78 Å². The van der Waals surface area contributed by atoms with Gasteiger partial charge in [-0.2, -0.15) is 0 Å². The molecular weight excluding hydrogens is 412 g/mol. The molecule has 0 saturated heterocycles. The van der Waals surface area contributed by atoms with E-state index in [1.54, 1.807) is 12.1 Å². The molecule has 5 heteroatoms. The molecule has 0 spiro atoms. The minimum Gasteiger partial charge on any atom is -0.452 e. The molecule has 22 heavy (non-hydrogen) atoms. The molecule has 0 fully saturated rings. The van der Waals surface area contributed by atoms with Crippen molar-refractivity contribution < 1.29 is 13.6 Å². The standard InChI is InChI=1S/C17H8Br2O3/c18-11-1-3-13-9(5-11)7-15(21-13)17(20)16-8-10-6-12(19)2-4-14(10)22-16/h1-8H. The third kappa shape index (κ3) is 2.30. The maximum Gasteiger partial charge on any atom is 0.263 e. The quantitative estimate of drug-likeness (QED) is 0.378. The zero-order chi connectivity index (χ0) is 15.3. The van der Waals surface area contributed by atoms with Crippen LogP contribution in [0.1, 0.15) is 16.3 Å². The lowest BCUT2D eigenvalue weighted by Gasteiger charge is -1.91. The molecule has 4 rings (SSSR count). The van der Waals surface area contributed by atoms with E-state index in [9.17, 15) is 4.79 Å². The van der Waals surface area contributed by atoms with Crippen molar-refractivity contribution in [2.24, 2.45) is 0 Å². The van der Waals surface area contributed by atoms with Gasteiger partial charge in [-0.1, -0.05) is 31.9 Å². The van der Waals surface area contributed by atoms with Crippen LogP contribution in [0, 0.1) is 0 Å². The summed E-state index contributed by atoms with van der Waals surface area (Å²) in [7, 11) is 0. The van der Waals surface area contributed by atoms with Crippen molar-refractivity contribution >= 4 is 59.6 Å². The normalized spacial score (nSPS) is 11.4. The van der Waals surface area contributed by atoms with Crippen LogP contribution in [0.4, 0.5) is 0 Å². The van der Waals surface area contributed by atoms with E-state index in [0.29, 0.717) is 11.2 Å². The van der Waals surface area contributed by atoms with Crippen LogP contribution >= 0.6 is 31.9 Å². The summed E-state index contributed by atoms with van der Waals surface area (Å²) in [5, 5.41) is 1.74. The fourth-order valence-corrected chi connectivity index (χ4v) is 3.13. The van der Waals surface area contributed by atoms with Gasteiger partial charge in [-0.25, -0.2) is 0 Å². The third-order valence-electron chi connectivity index (χ3n) is 3.40. The highest BCUT2D eigenvalue weighted by molar-refractivity contribution is 9.10. The highest BCUT2D eigenvalue weighted by atomic mass is 79.9. The van der Waals surface area contributed by atoms with Crippen LogP contribution in [0.2, 0.25) is 0 Å². The van der Waals surface area contributed by atoms with Gasteiger partial charge in [0.05, 0.1) is 0 Å². The van der Waals surface area contributed by atoms with Crippen molar-refractivity contribution in [3.8, 4) is 0 Å². The molecule has 0 aliphatic rings. The Morgan fingerprint density at radius 2 is 1.18 bits per heavy atom. The molecule has 0 unspecified atom stereocenters. The van der Waals surface area contributed by atoms with Gasteiger partial charge in [0.15, 0.2) is 11.5 Å². The van der Waals surface area contributed by atoms with Gasteiger partial charge in [0.1, 0.15) is 11.2 Å². The topological polar surface area (TPSA) is 43.4 Å². The molecule has 108 valence electrons. The maximum absolute atomic E-state index is 12.5. The number of benzene rings is 2. The van der Waals surface area contributed by atoms with Gasteiger partial charge in [0, 0.05) is 19.7 Å². The summed E-state index contributed by atoms with van der Waals surface area (Å²) in [6, 6.07) is 14.7. The van der Waals surface area contributed by atoms with Gasteiger partial charge in [-0.05, 0) is 48.5 Å². The first-order valence-corrected chi connectivity index (χ1v) is 8.12. The van der Waals surface area contributed by atoms with Gasteiger partial charge >= 0.3 is 0 Å². The number of halogens is 2. The van der Waals surface area contributed by atoms with E-state index >= 15 is 0 Å². The van der Waals surface area contributed by atoms with Crippen molar-refractivity contribution in [2.45, 2.75) is 0 Å². The predicted octanol–water partition coefficient (Wildman–Crippen LogP) is 5.94. The summed E-state index contributed by atoms with van der Waals surface area (Å²) in [6.07, 6.45) is 0. The first-order valence-electron chi connectivity index (χ1n) is 6.53. The van der Waals surface area contributed by atoms with Gasteiger partial charge in [-0.3, -0.25) is 4.79 Å². The Morgan fingerprint density at radius 3 is 1.64 bits per heavy atom. The summed E-state index contributed by atoms with van der Waals surface area (Å²) in [6.45, 7) is 0. The fraction of sp³-hybridized carbons (Fsp3) is 0. The Balaban J connectivity index is 1.80. The van der Waals surface area contributed by atoms with Crippen molar-refractivity contribution in [2.75, 3.05) is 0 Å². The van der Waals surface area contributed by atoms with Gasteiger partial charge < -0.3 is 8.83 Å². The Morgan fingerprint density at radius 1 is 0.727 bits per heavy atom. The number of hydrogen-bond donors (Lipinski definition) is 0. The average Bonchev–Trinajstić information content (AvgIpc) is 3.08. The van der Waals surface area contributed by atoms with Crippen LogP contribution in [0.15, 0.2) is 66.3 Å². The molecule has 2 aromatic carbocycles. The van der Waals surface area contributed by atoms with E-state index in [4.69, 9.17) is 8.83 Å². The van der Waals surface area contributed by atoms with E-state index in [-0.39, 0.29) is 17.3 Å². The molecular formula is C17H8Br2O3. The Bertz CT molecular complexity index is 945. The Labute approximate surface area is 142 Å². The lowest BCUT2D eigenvalue weighted by atomic mass is 10.2. The molecule has 3 nitrogen and oxygen atoms in total. The van der Waals surface area contributed by atoms with Crippen molar-refractivity contribution in [1.29, 1.82) is 0 Å². The molecule has 0 aliphatic carbocycles. The molecule has 0 aliphatic heterocycles. The molecule has 2 heterocycles. The second-order valence-corrected chi connectivity index (χ2v) is 6.75. The van der Waals surface area contributed by atoms with Crippen molar-refractivity contribution in [1.82, 2.24) is 0 Å². The second-order valence-electron chi connectivity index (χ2n) is 4.91. The number of hydrogen-bond acceptors (Lipinski definition) is 3. The number of fused-ring (bicyclic) bond motifs is 2. The van der Waals surface area contributed by atoms with Crippen molar-refractivity contribution in [3.63, 3.8) is 0 Å². The Kier molecular flexibility index (Phi) is 3.20. The van der Waals surface area contributed by atoms with E-state index in [1.165, 1.54) is 0 Å². The number of carbonyl (C=O) groups excluding carboxylic acids is 1. The minimum absolute atomic E-state index is 0.264. The highest BCUT2D eigenvalue weighted by Crippen LogP contribution is 2.28. The molecule has 4 aromatic rings. The smallest absolute Gasteiger partial charge is 0.263 e. The number of ketones is 1. The SMILES string of the molecule is O=C(c1cc2cc(Br)ccc2o1)c1cc2cc(Br)ccc2o1. The summed E-state index contributed by atoms with van der Waals surface area (Å²) in [5.74, 6) is 0.275. The monoisotopic (exact) mass is 418 g/mol. The molecule has 0 bridgehead atoms. The first-order chi connectivity index (χ1) is 10.6. The van der Waals surface area contributed by atoms with E-state index in [2.05, 4.69) is 31.9 Å². The lowest BCUT2D eigenvalue weighted by Crippen LogP contribution is -1.96. The van der Waals surface area contributed by atoms with E-state index in [0.717, 1.165) is 19.7 Å². The Hall–Kier alpha value is -1.85. The zero-order valence-corrected chi connectivity index (χ0v) is 14.3. The van der Waals surface area contributed by atoms with Gasteiger partial charge in [0.2, 0.25) is 0 Å². The van der Waals surface area contributed by atoms with Gasteiger partial charge in [0.25, 0.3) is 5.78 Å². The molecule has 0 atom stereocenters. The minimum atomic E-state index is -0.264. The second kappa shape index (κ2) is 5.11. The summed E-state index contributed by atoms with van der Waals surface area (Å²) < 4.78 is 13.1. The third-order valence-corrected chi connectivity index (χ3v) is 4.39. The van der Waals surface area contributed by atoms with Crippen LogP contribution in [0.25, 0.3) is 21.9 Å². The lowest BCUT2D eigenvalue weighted by molar-refractivity contribution is 0.0987. The molecule has 0 saturated carbocycles. The van der Waals surface area contributed by atoms with Crippen LogP contribution in [0.5, 0.6) is 0 Å². The molecule has 0 N–H and O–H groups in total. The van der Waals surface area contributed by atoms with Crippen LogP contribution in [0.3, 0.4) is 0 Å². The summed E-state index contributed by atoms with van der Waals surface area (Å²) in [5.41, 5.74) is 1.34. The van der Waals surface area contributed by atoms with Crippen LogP contribution in [-0.2, 0) is 0 Å². The van der Waals surface area contributed by atoms with E-state index < -0.39 is 0 Å². The number of carbonyl (C=O) groups is 1. The molecule has 0 radical (unpaired) electrons. The van der Waals surface area contributed by atoms with Crippen LogP contribution < -0.4 is 0 Å². The summed E-state index contributed by atoms with van der Waals surface area (Å²) >= 11 is 6.81. The first kappa shape index (κ1) is 13.8. The number of rotatable bonds is 2.